The Bertz CT molecular complexity index is 1630. The van der Waals surface area contributed by atoms with Gasteiger partial charge in [-0.25, -0.2) is 23.1 Å². The maximum Gasteiger partial charge on any atom is 0.272 e. The van der Waals surface area contributed by atoms with Crippen molar-refractivity contribution >= 4 is 28.0 Å². The van der Waals surface area contributed by atoms with Gasteiger partial charge in [-0.2, -0.15) is 0 Å². The number of amides is 1. The van der Waals surface area contributed by atoms with Gasteiger partial charge in [0.2, 0.25) is 0 Å². The zero-order valence-corrected chi connectivity index (χ0v) is 23.1. The van der Waals surface area contributed by atoms with E-state index in [1.54, 1.807) is 18.2 Å². The predicted molar refractivity (Wildman–Crippen MR) is 148 cm³/mol. The maximum atomic E-state index is 14.2. The summed E-state index contributed by atoms with van der Waals surface area (Å²) in [5.41, 5.74) is 6.18. The summed E-state index contributed by atoms with van der Waals surface area (Å²) in [6.45, 7) is 1.93. The van der Waals surface area contributed by atoms with Crippen LogP contribution in [-0.4, -0.2) is 73.9 Å². The number of rotatable bonds is 7. The van der Waals surface area contributed by atoms with E-state index >= 15 is 0 Å². The fourth-order valence-corrected chi connectivity index (χ4v) is 5.69. The van der Waals surface area contributed by atoms with E-state index in [-0.39, 0.29) is 31.1 Å². The van der Waals surface area contributed by atoms with Crippen molar-refractivity contribution in [2.45, 2.75) is 57.0 Å². The minimum atomic E-state index is -3.00. The van der Waals surface area contributed by atoms with Gasteiger partial charge in [0.15, 0.2) is 11.4 Å². The minimum Gasteiger partial charge on any atom is -0.494 e. The van der Waals surface area contributed by atoms with E-state index in [0.29, 0.717) is 46.3 Å². The van der Waals surface area contributed by atoms with Crippen molar-refractivity contribution in [2.75, 3.05) is 20.2 Å². The molecule has 0 spiro atoms. The lowest BCUT2D eigenvalue weighted by Crippen LogP contribution is -2.50. The van der Waals surface area contributed by atoms with Crippen molar-refractivity contribution in [1.82, 2.24) is 24.0 Å². The second kappa shape index (κ2) is 10.0. The van der Waals surface area contributed by atoms with Crippen LogP contribution in [0.15, 0.2) is 30.3 Å². The van der Waals surface area contributed by atoms with Crippen molar-refractivity contribution in [3.63, 3.8) is 0 Å². The molecule has 1 aromatic carbocycles. The standard InChI is InChI=1S/C29H33F3N6O3/c1-29(40,28(31)32)23-7-6-16-9-21(38(25(16)35-23)12-15-4-5-15)26-34-20-8-17(10-22(41-3)24(20)36(26)2)27(39)37-13-18(30)11-19(33)14-37/h6-10,15,18-19,28,40H,4-5,11-14,33H2,1-3H3/t18-,19-,29?/m1/s1. The summed E-state index contributed by atoms with van der Waals surface area (Å²) >= 11 is 0. The molecular weight excluding hydrogens is 537 g/mol. The SMILES string of the molecule is COc1cc(C(=O)N2C[C@H](N)C[C@@H](F)C2)cc2nc(-c3cc4ccc(C(C)(O)C(F)F)nc4n3CC3CC3)n(C)c12. The Morgan fingerprint density at radius 1 is 1.22 bits per heavy atom. The molecule has 4 heterocycles. The van der Waals surface area contributed by atoms with E-state index in [9.17, 15) is 23.1 Å². The number of hydrogen-bond donors (Lipinski definition) is 2. The van der Waals surface area contributed by atoms with Crippen LogP contribution in [0.5, 0.6) is 5.75 Å². The molecule has 4 aromatic rings. The zero-order chi connectivity index (χ0) is 29.2. The number of nitrogens with two attached hydrogens (primary N) is 1. The van der Waals surface area contributed by atoms with Gasteiger partial charge >= 0.3 is 0 Å². The van der Waals surface area contributed by atoms with E-state index in [1.807, 2.05) is 22.2 Å². The zero-order valence-electron chi connectivity index (χ0n) is 23.1. The second-order valence-corrected chi connectivity index (χ2v) is 11.5. The molecule has 1 unspecified atom stereocenters. The van der Waals surface area contributed by atoms with Crippen molar-refractivity contribution < 1.29 is 27.8 Å². The van der Waals surface area contributed by atoms with Gasteiger partial charge in [0.1, 0.15) is 23.1 Å². The molecule has 3 aromatic heterocycles. The van der Waals surface area contributed by atoms with Gasteiger partial charge < -0.3 is 29.6 Å². The van der Waals surface area contributed by atoms with Gasteiger partial charge in [-0.1, -0.05) is 0 Å². The molecule has 1 saturated heterocycles. The number of pyridine rings is 1. The van der Waals surface area contributed by atoms with Gasteiger partial charge in [-0.3, -0.25) is 4.79 Å². The van der Waals surface area contributed by atoms with Crippen LogP contribution in [0.4, 0.5) is 13.2 Å². The quantitative estimate of drug-likeness (QED) is 0.348. The fourth-order valence-electron chi connectivity index (χ4n) is 5.69. The first-order valence-corrected chi connectivity index (χ1v) is 13.7. The van der Waals surface area contributed by atoms with Crippen LogP contribution in [0.25, 0.3) is 33.6 Å². The van der Waals surface area contributed by atoms with Crippen LogP contribution in [0.1, 0.15) is 42.2 Å². The lowest BCUT2D eigenvalue weighted by Gasteiger charge is -2.33. The molecule has 12 heteroatoms. The summed E-state index contributed by atoms with van der Waals surface area (Å²) < 4.78 is 50.9. The molecule has 6 rings (SSSR count). The van der Waals surface area contributed by atoms with Crippen LogP contribution in [0.3, 0.4) is 0 Å². The number of carbonyl (C=O) groups is 1. The Hall–Kier alpha value is -3.64. The molecule has 3 N–H and O–H groups in total. The third-order valence-corrected chi connectivity index (χ3v) is 8.17. The second-order valence-electron chi connectivity index (χ2n) is 11.5. The normalized spacial score (nSPS) is 21.1. The minimum absolute atomic E-state index is 0.0188. The number of benzene rings is 1. The molecule has 41 heavy (non-hydrogen) atoms. The molecular formula is C29H33F3N6O3. The van der Waals surface area contributed by atoms with Gasteiger partial charge in [0.05, 0.1) is 30.6 Å². The molecule has 1 amide bonds. The Labute approximate surface area is 234 Å². The smallest absolute Gasteiger partial charge is 0.272 e. The van der Waals surface area contributed by atoms with E-state index in [4.69, 9.17) is 15.5 Å². The van der Waals surface area contributed by atoms with Crippen molar-refractivity contribution in [1.29, 1.82) is 0 Å². The largest absolute Gasteiger partial charge is 0.494 e. The van der Waals surface area contributed by atoms with Crippen LogP contribution < -0.4 is 10.5 Å². The van der Waals surface area contributed by atoms with Crippen LogP contribution in [0.2, 0.25) is 0 Å². The van der Waals surface area contributed by atoms with E-state index < -0.39 is 24.2 Å². The van der Waals surface area contributed by atoms with Gasteiger partial charge in [0.25, 0.3) is 12.3 Å². The van der Waals surface area contributed by atoms with Crippen molar-refractivity contribution in [3.05, 3.63) is 41.6 Å². The number of methoxy groups -OCH3 is 1. The lowest BCUT2D eigenvalue weighted by molar-refractivity contribution is -0.0909. The van der Waals surface area contributed by atoms with E-state index in [2.05, 4.69) is 4.98 Å². The van der Waals surface area contributed by atoms with Gasteiger partial charge in [-0.05, 0) is 62.4 Å². The summed E-state index contributed by atoms with van der Waals surface area (Å²) in [6.07, 6.45) is -1.85. The number of ether oxygens (including phenoxy) is 1. The van der Waals surface area contributed by atoms with E-state index in [0.717, 1.165) is 30.8 Å². The first-order valence-electron chi connectivity index (χ1n) is 13.7. The summed E-state index contributed by atoms with van der Waals surface area (Å²) in [5.74, 6) is 1.09. The molecule has 1 aliphatic heterocycles. The molecule has 3 atom stereocenters. The van der Waals surface area contributed by atoms with Gasteiger partial charge in [-0.15, -0.1) is 0 Å². The Kier molecular flexibility index (Phi) is 6.73. The maximum absolute atomic E-state index is 14.2. The molecule has 9 nitrogen and oxygen atoms in total. The van der Waals surface area contributed by atoms with Gasteiger partial charge in [0, 0.05) is 37.1 Å². The number of piperidine rings is 1. The Balaban J connectivity index is 1.47. The van der Waals surface area contributed by atoms with Crippen molar-refractivity contribution in [2.24, 2.45) is 18.7 Å². The van der Waals surface area contributed by atoms with E-state index in [1.165, 1.54) is 18.1 Å². The van der Waals surface area contributed by atoms with Crippen LogP contribution in [-0.2, 0) is 19.2 Å². The number of halogens is 3. The number of carbonyl (C=O) groups excluding carboxylic acids is 1. The number of alkyl halides is 3. The number of imidazole rings is 1. The number of likely N-dealkylation sites (tertiary alicyclic amines) is 1. The lowest BCUT2D eigenvalue weighted by atomic mass is 10.0. The molecule has 218 valence electrons. The predicted octanol–water partition coefficient (Wildman–Crippen LogP) is 3.99. The highest BCUT2D eigenvalue weighted by Gasteiger charge is 2.37. The van der Waals surface area contributed by atoms with Crippen molar-refractivity contribution in [3.8, 4) is 17.3 Å². The molecule has 2 aliphatic rings. The molecule has 0 radical (unpaired) electrons. The highest BCUT2D eigenvalue weighted by Crippen LogP contribution is 2.38. The number of aliphatic hydroxyl groups is 1. The summed E-state index contributed by atoms with van der Waals surface area (Å²) in [5, 5.41) is 11.1. The number of nitrogens with zero attached hydrogens (tertiary/aromatic N) is 5. The average Bonchev–Trinajstić information content (AvgIpc) is 3.60. The Morgan fingerprint density at radius 2 is 1.98 bits per heavy atom. The van der Waals surface area contributed by atoms with Crippen LogP contribution >= 0.6 is 0 Å². The highest BCUT2D eigenvalue weighted by atomic mass is 19.3. The first kappa shape index (κ1) is 27.5. The number of fused-ring (bicyclic) bond motifs is 2. The third kappa shape index (κ3) is 4.82. The number of hydrogen-bond acceptors (Lipinski definition) is 6. The number of aromatic nitrogens is 4. The molecule has 0 bridgehead atoms. The average molecular weight is 571 g/mol. The topological polar surface area (TPSA) is 111 Å². The molecule has 1 aliphatic carbocycles. The molecule has 2 fully saturated rings. The van der Waals surface area contributed by atoms with Crippen LogP contribution in [0, 0.1) is 5.92 Å². The third-order valence-electron chi connectivity index (χ3n) is 8.17. The monoisotopic (exact) mass is 570 g/mol. The highest BCUT2D eigenvalue weighted by molar-refractivity contribution is 6.00. The Morgan fingerprint density at radius 3 is 2.63 bits per heavy atom. The summed E-state index contributed by atoms with van der Waals surface area (Å²) in [7, 11) is 3.35. The summed E-state index contributed by atoms with van der Waals surface area (Å²) in [4.78, 5) is 24.2. The molecule has 1 saturated carbocycles. The number of aryl methyl sites for hydroxylation is 1. The first-order chi connectivity index (χ1) is 19.5. The fraction of sp³-hybridized carbons (Fsp3) is 0.483. The summed E-state index contributed by atoms with van der Waals surface area (Å²) in [6, 6.07) is 7.88.